The van der Waals surface area contributed by atoms with E-state index in [-0.39, 0.29) is 22.9 Å². The largest absolute Gasteiger partial charge is 0.455 e. The molecule has 1 heterocycles. The number of nitrogens with zero attached hydrogens (tertiary/aromatic N) is 1. The number of carbonyl (C=O) groups is 2. The van der Waals surface area contributed by atoms with E-state index in [1.54, 1.807) is 12.1 Å². The lowest BCUT2D eigenvalue weighted by molar-refractivity contribution is 0.0948. The fourth-order valence-electron chi connectivity index (χ4n) is 6.14. The number of halogens is 1. The Bertz CT molecular complexity index is 1820. The van der Waals surface area contributed by atoms with Crippen LogP contribution in [0.15, 0.2) is 95.4 Å². The van der Waals surface area contributed by atoms with Crippen LogP contribution in [0.1, 0.15) is 66.3 Å². The van der Waals surface area contributed by atoms with E-state index in [1.165, 1.54) is 17.7 Å². The lowest BCUT2D eigenvalue weighted by atomic mass is 9.94. The minimum Gasteiger partial charge on any atom is -0.455 e. The fraction of sp³-hybridized carbons (Fsp3) is 0.263. The highest BCUT2D eigenvalue weighted by Gasteiger charge is 2.44. The molecule has 1 amide bonds. The summed E-state index contributed by atoms with van der Waals surface area (Å²) in [5, 5.41) is 3.89. The van der Waals surface area contributed by atoms with E-state index in [9.17, 15) is 14.0 Å². The zero-order valence-corrected chi connectivity index (χ0v) is 25.5. The Morgan fingerprint density at radius 3 is 2.25 bits per heavy atom. The first kappa shape index (κ1) is 29.4. The summed E-state index contributed by atoms with van der Waals surface area (Å²) in [7, 11) is 0. The van der Waals surface area contributed by atoms with Gasteiger partial charge in [0.05, 0.1) is 5.56 Å². The van der Waals surface area contributed by atoms with Crippen molar-refractivity contribution in [2.24, 2.45) is 0 Å². The molecule has 44 heavy (non-hydrogen) atoms. The molecule has 4 aromatic carbocycles. The standard InChI is InChI=1S/C38H37FN2O3/c1-4-33(42)35-31-22-30(32(41(5-2)6-3)23-34(31)44-36(35)25-15-17-29(39)18-16-25)26-11-10-12-27(21-26)37(43)40-24-38(19-20-38)28-13-8-7-9-14-28/h7-18,21-23H,4-6,19-20,24H2,1-3H3,(H,40,43). The van der Waals surface area contributed by atoms with Crippen molar-refractivity contribution in [3.8, 4) is 22.5 Å². The molecule has 0 aliphatic heterocycles. The number of hydrogen-bond acceptors (Lipinski definition) is 4. The molecule has 0 radical (unpaired) electrons. The monoisotopic (exact) mass is 588 g/mol. The second-order valence-corrected chi connectivity index (χ2v) is 11.5. The van der Waals surface area contributed by atoms with E-state index < -0.39 is 0 Å². The lowest BCUT2D eigenvalue weighted by Crippen LogP contribution is -2.32. The number of furan rings is 1. The average molecular weight is 589 g/mol. The van der Waals surface area contributed by atoms with Gasteiger partial charge in [-0.3, -0.25) is 9.59 Å². The number of ketones is 1. The van der Waals surface area contributed by atoms with E-state index in [2.05, 4.69) is 36.2 Å². The van der Waals surface area contributed by atoms with Crippen LogP contribution in [-0.2, 0) is 5.41 Å². The van der Waals surface area contributed by atoms with Crippen LogP contribution in [0.4, 0.5) is 10.1 Å². The number of Topliss-reactive ketones (excluding diaryl/α,β-unsaturated/α-hetero) is 1. The predicted molar refractivity (Wildman–Crippen MR) is 175 cm³/mol. The molecular weight excluding hydrogens is 551 g/mol. The molecule has 1 fully saturated rings. The van der Waals surface area contributed by atoms with Crippen LogP contribution in [0.3, 0.4) is 0 Å². The van der Waals surface area contributed by atoms with Crippen molar-refractivity contribution < 1.29 is 18.4 Å². The van der Waals surface area contributed by atoms with Crippen molar-refractivity contribution in [2.45, 2.75) is 45.4 Å². The summed E-state index contributed by atoms with van der Waals surface area (Å²) in [5.74, 6) is -0.0703. The van der Waals surface area contributed by atoms with Gasteiger partial charge >= 0.3 is 0 Å². The molecule has 1 saturated carbocycles. The summed E-state index contributed by atoms with van der Waals surface area (Å²) in [5.41, 5.74) is 6.35. The molecule has 0 atom stereocenters. The normalized spacial score (nSPS) is 13.5. The zero-order chi connectivity index (χ0) is 30.8. The molecule has 0 unspecified atom stereocenters. The van der Waals surface area contributed by atoms with Crippen LogP contribution in [0.5, 0.6) is 0 Å². The number of hydrogen-bond donors (Lipinski definition) is 1. The summed E-state index contributed by atoms with van der Waals surface area (Å²) in [6, 6.07) is 28.1. The first-order chi connectivity index (χ1) is 21.4. The first-order valence-electron chi connectivity index (χ1n) is 15.5. The Kier molecular flexibility index (Phi) is 8.09. The number of anilines is 1. The van der Waals surface area contributed by atoms with Crippen LogP contribution < -0.4 is 10.2 Å². The summed E-state index contributed by atoms with van der Waals surface area (Å²) in [4.78, 5) is 29.0. The Labute approximate surface area is 257 Å². The third-order valence-corrected chi connectivity index (χ3v) is 8.88. The van der Waals surface area contributed by atoms with Crippen LogP contribution in [0.25, 0.3) is 33.4 Å². The van der Waals surface area contributed by atoms with Gasteiger partial charge in [-0.15, -0.1) is 0 Å². The van der Waals surface area contributed by atoms with Gasteiger partial charge in [-0.05, 0) is 80.3 Å². The van der Waals surface area contributed by atoms with E-state index in [4.69, 9.17) is 4.42 Å². The molecule has 0 bridgehead atoms. The number of benzene rings is 4. The highest BCUT2D eigenvalue weighted by Crippen LogP contribution is 2.47. The van der Waals surface area contributed by atoms with Gasteiger partial charge in [0.1, 0.15) is 17.2 Å². The van der Waals surface area contributed by atoms with Gasteiger partial charge in [0, 0.05) is 65.3 Å². The van der Waals surface area contributed by atoms with Gasteiger partial charge in [-0.1, -0.05) is 49.4 Å². The van der Waals surface area contributed by atoms with E-state index in [1.807, 2.05) is 61.5 Å². The number of amides is 1. The molecule has 0 saturated heterocycles. The Balaban J connectivity index is 1.41. The molecule has 6 rings (SSSR count). The molecule has 1 aliphatic rings. The van der Waals surface area contributed by atoms with E-state index in [0.29, 0.717) is 46.4 Å². The second-order valence-electron chi connectivity index (χ2n) is 11.5. The van der Waals surface area contributed by atoms with Crippen LogP contribution in [0.2, 0.25) is 0 Å². The highest BCUT2D eigenvalue weighted by molar-refractivity contribution is 6.13. The van der Waals surface area contributed by atoms with Crippen molar-refractivity contribution in [2.75, 3.05) is 24.5 Å². The Hall–Kier alpha value is -4.71. The van der Waals surface area contributed by atoms with Crippen LogP contribution in [-0.4, -0.2) is 31.3 Å². The van der Waals surface area contributed by atoms with Gasteiger partial charge in [0.2, 0.25) is 0 Å². The molecule has 6 heteroatoms. The third-order valence-electron chi connectivity index (χ3n) is 8.88. The molecule has 1 aliphatic carbocycles. The molecular formula is C38H37FN2O3. The molecule has 5 nitrogen and oxygen atoms in total. The molecule has 5 aromatic rings. The average Bonchev–Trinajstić information content (AvgIpc) is 3.77. The van der Waals surface area contributed by atoms with Crippen LogP contribution >= 0.6 is 0 Å². The third kappa shape index (κ3) is 5.52. The smallest absolute Gasteiger partial charge is 0.251 e. The minimum atomic E-state index is -0.351. The number of fused-ring (bicyclic) bond motifs is 1. The van der Waals surface area contributed by atoms with Crippen molar-refractivity contribution in [1.82, 2.24) is 5.32 Å². The van der Waals surface area contributed by atoms with Crippen LogP contribution in [0, 0.1) is 5.82 Å². The summed E-state index contributed by atoms with van der Waals surface area (Å²) >= 11 is 0. The summed E-state index contributed by atoms with van der Waals surface area (Å²) in [6.45, 7) is 8.15. The lowest BCUT2D eigenvalue weighted by Gasteiger charge is -2.24. The topological polar surface area (TPSA) is 62.6 Å². The van der Waals surface area contributed by atoms with E-state index >= 15 is 0 Å². The maximum atomic E-state index is 13.7. The minimum absolute atomic E-state index is 0.0151. The predicted octanol–water partition coefficient (Wildman–Crippen LogP) is 8.81. The second kappa shape index (κ2) is 12.1. The van der Waals surface area contributed by atoms with Crippen molar-refractivity contribution in [3.63, 3.8) is 0 Å². The quantitative estimate of drug-likeness (QED) is 0.157. The van der Waals surface area contributed by atoms with Gasteiger partial charge in [-0.2, -0.15) is 0 Å². The maximum absolute atomic E-state index is 13.7. The van der Waals surface area contributed by atoms with Gasteiger partial charge in [0.15, 0.2) is 5.78 Å². The first-order valence-corrected chi connectivity index (χ1v) is 15.5. The zero-order valence-electron chi connectivity index (χ0n) is 25.5. The number of carbonyl (C=O) groups excluding carboxylic acids is 2. The Morgan fingerprint density at radius 1 is 0.864 bits per heavy atom. The highest BCUT2D eigenvalue weighted by atomic mass is 19.1. The van der Waals surface area contributed by atoms with Gasteiger partial charge < -0.3 is 14.6 Å². The summed E-state index contributed by atoms with van der Waals surface area (Å²) in [6.07, 6.45) is 2.43. The molecule has 224 valence electrons. The fourth-order valence-corrected chi connectivity index (χ4v) is 6.14. The van der Waals surface area contributed by atoms with E-state index in [0.717, 1.165) is 42.7 Å². The molecule has 0 spiro atoms. The van der Waals surface area contributed by atoms with Gasteiger partial charge in [-0.25, -0.2) is 4.39 Å². The van der Waals surface area contributed by atoms with Crippen molar-refractivity contribution in [3.05, 3.63) is 114 Å². The molecule has 1 N–H and O–H groups in total. The maximum Gasteiger partial charge on any atom is 0.251 e. The molecule has 1 aromatic heterocycles. The van der Waals surface area contributed by atoms with Crippen molar-refractivity contribution >= 4 is 28.3 Å². The number of nitrogens with one attached hydrogen (secondary N) is 1. The Morgan fingerprint density at radius 2 is 1.59 bits per heavy atom. The summed E-state index contributed by atoms with van der Waals surface area (Å²) < 4.78 is 20.1. The van der Waals surface area contributed by atoms with Crippen molar-refractivity contribution in [1.29, 1.82) is 0 Å². The number of rotatable bonds is 11. The SMILES string of the molecule is CCC(=O)c1c(-c2ccc(F)cc2)oc2cc(N(CC)CC)c(-c3cccc(C(=O)NCC4(c5ccccc5)CC4)c3)cc12. The van der Waals surface area contributed by atoms with Gasteiger partial charge in [0.25, 0.3) is 5.91 Å².